The van der Waals surface area contributed by atoms with E-state index in [0.29, 0.717) is 16.5 Å². The molecule has 0 fully saturated rings. The third-order valence-electron chi connectivity index (χ3n) is 5.05. The summed E-state index contributed by atoms with van der Waals surface area (Å²) in [6, 6.07) is 11.2. The number of thiocarbonyl (C=S) groups is 1. The van der Waals surface area contributed by atoms with E-state index in [4.69, 9.17) is 12.2 Å². The van der Waals surface area contributed by atoms with Crippen LogP contribution in [-0.2, 0) is 11.0 Å². The highest BCUT2D eigenvalue weighted by Crippen LogP contribution is 2.42. The topological polar surface area (TPSA) is 35.6 Å². The number of benzene rings is 2. The summed E-state index contributed by atoms with van der Waals surface area (Å²) in [5.41, 5.74) is 0.409. The molecule has 1 aliphatic rings. The summed E-state index contributed by atoms with van der Waals surface area (Å²) in [5, 5.41) is 3.12. The molecule has 1 heterocycles. The number of carbonyl (C=O) groups is 1. The van der Waals surface area contributed by atoms with Gasteiger partial charge in [0.05, 0.1) is 17.2 Å². The van der Waals surface area contributed by atoms with Crippen LogP contribution in [0.4, 0.5) is 18.9 Å². The molecule has 0 saturated carbocycles. The summed E-state index contributed by atoms with van der Waals surface area (Å²) in [6.45, 7) is 1.68. The molecule has 1 N–H and O–H groups in total. The van der Waals surface area contributed by atoms with Crippen molar-refractivity contribution in [2.75, 3.05) is 19.4 Å². The van der Waals surface area contributed by atoms with E-state index in [9.17, 15) is 18.0 Å². The van der Waals surface area contributed by atoms with E-state index in [2.05, 4.69) is 21.2 Å². The Kier molecular flexibility index (Phi) is 6.24. The summed E-state index contributed by atoms with van der Waals surface area (Å²) >= 11 is 8.76. The molecule has 1 aliphatic heterocycles. The van der Waals surface area contributed by atoms with Crippen LogP contribution >= 0.6 is 28.1 Å². The first-order valence-electron chi connectivity index (χ1n) is 8.96. The Morgan fingerprint density at radius 2 is 1.70 bits per heavy atom. The number of rotatable bonds is 3. The first-order valence-corrected chi connectivity index (χ1v) is 10.2. The number of anilines is 1. The average molecular weight is 498 g/mol. The summed E-state index contributed by atoms with van der Waals surface area (Å²) in [6.07, 6.45) is -4.57. The number of likely N-dealkylation sites (N-methyl/N-ethyl adjacent to an activating group) is 1. The minimum atomic E-state index is -4.57. The van der Waals surface area contributed by atoms with Crippen LogP contribution in [-0.4, -0.2) is 34.9 Å². The summed E-state index contributed by atoms with van der Waals surface area (Å²) in [4.78, 5) is 16.4. The average Bonchev–Trinajstić information content (AvgIpc) is 2.70. The second-order valence-corrected chi connectivity index (χ2v) is 8.18. The fourth-order valence-corrected chi connectivity index (χ4v) is 3.95. The second-order valence-electron chi connectivity index (χ2n) is 6.90. The number of hydrogen-bond acceptors (Lipinski definition) is 2. The molecule has 3 rings (SSSR count). The van der Waals surface area contributed by atoms with Gasteiger partial charge < -0.3 is 15.1 Å². The molecule has 158 valence electrons. The fourth-order valence-electron chi connectivity index (χ4n) is 3.44. The molecule has 0 spiro atoms. The van der Waals surface area contributed by atoms with Crippen LogP contribution in [0.3, 0.4) is 0 Å². The summed E-state index contributed by atoms with van der Waals surface area (Å²) < 4.78 is 42.0. The Morgan fingerprint density at radius 3 is 2.30 bits per heavy atom. The van der Waals surface area contributed by atoms with Gasteiger partial charge in [0.15, 0.2) is 5.11 Å². The Hall–Kier alpha value is -2.39. The minimum absolute atomic E-state index is 0.0248. The molecule has 9 heteroatoms. The van der Waals surface area contributed by atoms with Gasteiger partial charge in [0.25, 0.3) is 5.91 Å². The van der Waals surface area contributed by atoms with Crippen LogP contribution in [0.1, 0.15) is 24.1 Å². The lowest BCUT2D eigenvalue weighted by Crippen LogP contribution is -2.48. The standard InChI is InChI=1S/C21H19BrF3N3OS/c1-12-17(19(29)26-14-10-8-13(22)9-11-14)18(28(3)20(30)27(12)2)15-6-4-5-7-16(15)21(23,24)25/h4-11,18H,1-3H3,(H,26,29). The van der Waals surface area contributed by atoms with E-state index < -0.39 is 23.7 Å². The molecular formula is C21H19BrF3N3OS. The maximum Gasteiger partial charge on any atom is 0.416 e. The largest absolute Gasteiger partial charge is 0.416 e. The smallest absolute Gasteiger partial charge is 0.340 e. The van der Waals surface area contributed by atoms with Gasteiger partial charge >= 0.3 is 6.18 Å². The fraction of sp³-hybridized carbons (Fsp3) is 0.238. The SMILES string of the molecule is CC1=C(C(=O)Nc2ccc(Br)cc2)C(c2ccccc2C(F)(F)F)N(C)C(=S)N1C. The van der Waals surface area contributed by atoms with Crippen molar-refractivity contribution in [2.24, 2.45) is 0 Å². The van der Waals surface area contributed by atoms with Gasteiger partial charge in [-0.1, -0.05) is 34.1 Å². The number of halogens is 4. The molecule has 30 heavy (non-hydrogen) atoms. The number of hydrogen-bond donors (Lipinski definition) is 1. The molecule has 0 bridgehead atoms. The number of carbonyl (C=O) groups excluding carboxylic acids is 1. The third-order valence-corrected chi connectivity index (χ3v) is 6.14. The van der Waals surface area contributed by atoms with Gasteiger partial charge in [0.1, 0.15) is 0 Å². The number of nitrogens with one attached hydrogen (secondary N) is 1. The van der Waals surface area contributed by atoms with Crippen LogP contribution in [0.2, 0.25) is 0 Å². The predicted octanol–water partition coefficient (Wildman–Crippen LogP) is 5.58. The second kappa shape index (κ2) is 8.39. The van der Waals surface area contributed by atoms with Gasteiger partial charge in [-0.3, -0.25) is 4.79 Å². The molecule has 2 aromatic carbocycles. The van der Waals surface area contributed by atoms with Gasteiger partial charge in [-0.05, 0) is 55.0 Å². The van der Waals surface area contributed by atoms with Crippen molar-refractivity contribution in [3.8, 4) is 0 Å². The molecule has 1 atom stereocenters. The maximum atomic E-state index is 13.7. The highest BCUT2D eigenvalue weighted by atomic mass is 79.9. The molecule has 2 aromatic rings. The van der Waals surface area contributed by atoms with E-state index in [1.165, 1.54) is 23.1 Å². The lowest BCUT2D eigenvalue weighted by atomic mass is 9.89. The molecule has 0 radical (unpaired) electrons. The summed E-state index contributed by atoms with van der Waals surface area (Å²) in [7, 11) is 3.28. The lowest BCUT2D eigenvalue weighted by Gasteiger charge is -2.42. The zero-order valence-corrected chi connectivity index (χ0v) is 18.8. The first-order chi connectivity index (χ1) is 14.0. The highest BCUT2D eigenvalue weighted by molar-refractivity contribution is 9.10. The van der Waals surface area contributed by atoms with E-state index in [0.717, 1.165) is 10.5 Å². The van der Waals surface area contributed by atoms with Crippen LogP contribution in [0.25, 0.3) is 0 Å². The predicted molar refractivity (Wildman–Crippen MR) is 118 cm³/mol. The van der Waals surface area contributed by atoms with Gasteiger partial charge in [0.2, 0.25) is 0 Å². The number of alkyl halides is 3. The zero-order valence-electron chi connectivity index (χ0n) is 16.4. The molecule has 1 amide bonds. The quantitative estimate of drug-likeness (QED) is 0.561. The van der Waals surface area contributed by atoms with E-state index in [-0.39, 0.29) is 11.1 Å². The molecule has 0 aliphatic carbocycles. The van der Waals surface area contributed by atoms with Crippen molar-refractivity contribution in [1.29, 1.82) is 0 Å². The van der Waals surface area contributed by atoms with Gasteiger partial charge in [-0.25, -0.2) is 0 Å². The summed E-state index contributed by atoms with van der Waals surface area (Å²) in [5.74, 6) is -0.488. The number of amides is 1. The molecule has 4 nitrogen and oxygen atoms in total. The Labute approximate surface area is 186 Å². The maximum absolute atomic E-state index is 13.7. The highest BCUT2D eigenvalue weighted by Gasteiger charge is 2.42. The van der Waals surface area contributed by atoms with E-state index >= 15 is 0 Å². The Balaban J connectivity index is 2.13. The van der Waals surface area contributed by atoms with Crippen molar-refractivity contribution in [1.82, 2.24) is 9.80 Å². The van der Waals surface area contributed by atoms with Crippen LogP contribution in [0.5, 0.6) is 0 Å². The minimum Gasteiger partial charge on any atom is -0.340 e. The van der Waals surface area contributed by atoms with Crippen LogP contribution in [0, 0.1) is 0 Å². The van der Waals surface area contributed by atoms with Crippen molar-refractivity contribution in [3.05, 3.63) is 75.4 Å². The van der Waals surface area contributed by atoms with Crippen LogP contribution in [0.15, 0.2) is 64.3 Å². The molecule has 1 unspecified atom stereocenters. The Morgan fingerprint density at radius 1 is 1.10 bits per heavy atom. The molecule has 0 aromatic heterocycles. The zero-order chi connectivity index (χ0) is 22.2. The molecular weight excluding hydrogens is 479 g/mol. The monoisotopic (exact) mass is 497 g/mol. The van der Waals surface area contributed by atoms with Crippen molar-refractivity contribution in [3.63, 3.8) is 0 Å². The van der Waals surface area contributed by atoms with Crippen molar-refractivity contribution < 1.29 is 18.0 Å². The van der Waals surface area contributed by atoms with Crippen molar-refractivity contribution >= 4 is 44.9 Å². The van der Waals surface area contributed by atoms with Gasteiger partial charge in [-0.15, -0.1) is 0 Å². The lowest BCUT2D eigenvalue weighted by molar-refractivity contribution is -0.138. The number of allylic oxidation sites excluding steroid dienone is 1. The van der Waals surface area contributed by atoms with Crippen LogP contribution < -0.4 is 5.32 Å². The first kappa shape index (κ1) is 22.3. The van der Waals surface area contributed by atoms with Gasteiger partial charge in [-0.2, -0.15) is 13.2 Å². The molecule has 0 saturated heterocycles. The van der Waals surface area contributed by atoms with Gasteiger partial charge in [0, 0.05) is 30.0 Å². The normalized spacial score (nSPS) is 17.4. The van der Waals surface area contributed by atoms with Crippen molar-refractivity contribution in [2.45, 2.75) is 19.1 Å². The Bertz CT molecular complexity index is 1020. The van der Waals surface area contributed by atoms with E-state index in [1.54, 1.807) is 50.2 Å². The number of nitrogens with zero attached hydrogens (tertiary/aromatic N) is 2. The van der Waals surface area contributed by atoms with E-state index in [1.807, 2.05) is 0 Å². The third kappa shape index (κ3) is 4.22.